The Kier molecular flexibility index (Phi) is 7.04. The van der Waals surface area contributed by atoms with Crippen LogP contribution in [0.4, 0.5) is 4.79 Å². The highest BCUT2D eigenvalue weighted by atomic mass is 35.5. The standard InChI is InChI=1S/C24H25ClN4O5/c1-14-20(23-27-22(28-34-23)16-6-5-7-17(25)12-16)21(26-24(30)29(14)10-11-31-2)15-8-9-18(32-3)19(13-15)33-4/h5-9,12-13,21H,10-11H2,1-4H3,(H,26,30). The summed E-state index contributed by atoms with van der Waals surface area (Å²) in [6.45, 7) is 2.59. The third-order valence-electron chi connectivity index (χ3n) is 5.60. The van der Waals surface area contributed by atoms with Crippen LogP contribution in [0.3, 0.4) is 0 Å². The Hall–Kier alpha value is -3.56. The zero-order valence-corrected chi connectivity index (χ0v) is 20.0. The number of allylic oxidation sites excluding steroid dienone is 1. The molecule has 1 atom stereocenters. The lowest BCUT2D eigenvalue weighted by atomic mass is 9.94. The van der Waals surface area contributed by atoms with E-state index in [4.69, 9.17) is 30.3 Å². The van der Waals surface area contributed by atoms with Gasteiger partial charge in [0.2, 0.25) is 5.82 Å². The largest absolute Gasteiger partial charge is 0.493 e. The molecule has 1 aliphatic rings. The normalized spacial score (nSPS) is 16.0. The first-order valence-electron chi connectivity index (χ1n) is 10.6. The van der Waals surface area contributed by atoms with Crippen LogP contribution in [0.25, 0.3) is 17.0 Å². The number of rotatable bonds is 8. The summed E-state index contributed by atoms with van der Waals surface area (Å²) in [6, 6.07) is 11.8. The summed E-state index contributed by atoms with van der Waals surface area (Å²) >= 11 is 6.13. The Balaban J connectivity index is 1.82. The second-order valence-corrected chi connectivity index (χ2v) is 8.01. The van der Waals surface area contributed by atoms with Crippen molar-refractivity contribution in [3.05, 3.63) is 64.6 Å². The van der Waals surface area contributed by atoms with Crippen LogP contribution in [0.15, 0.2) is 52.7 Å². The zero-order chi connectivity index (χ0) is 24.2. The van der Waals surface area contributed by atoms with E-state index in [1.165, 1.54) is 0 Å². The molecule has 1 aliphatic heterocycles. The summed E-state index contributed by atoms with van der Waals surface area (Å²) in [4.78, 5) is 19.2. The van der Waals surface area contributed by atoms with E-state index in [9.17, 15) is 4.79 Å². The van der Waals surface area contributed by atoms with Gasteiger partial charge in [0, 0.05) is 23.4 Å². The summed E-state index contributed by atoms with van der Waals surface area (Å²) in [5.41, 5.74) is 2.85. The van der Waals surface area contributed by atoms with Crippen LogP contribution in [-0.4, -0.2) is 55.6 Å². The smallest absolute Gasteiger partial charge is 0.322 e. The molecule has 2 amide bonds. The molecular formula is C24H25ClN4O5. The van der Waals surface area contributed by atoms with Crippen molar-refractivity contribution < 1.29 is 23.5 Å². The van der Waals surface area contributed by atoms with Crippen molar-refractivity contribution in [3.8, 4) is 22.9 Å². The highest BCUT2D eigenvalue weighted by molar-refractivity contribution is 6.30. The molecule has 1 unspecified atom stereocenters. The van der Waals surface area contributed by atoms with E-state index in [0.29, 0.717) is 46.8 Å². The summed E-state index contributed by atoms with van der Waals surface area (Å²) < 4.78 is 21.7. The molecule has 10 heteroatoms. The average Bonchev–Trinajstić information content (AvgIpc) is 3.33. The summed E-state index contributed by atoms with van der Waals surface area (Å²) in [6.07, 6.45) is 0. The van der Waals surface area contributed by atoms with Crippen LogP contribution >= 0.6 is 11.6 Å². The van der Waals surface area contributed by atoms with E-state index in [2.05, 4.69) is 15.5 Å². The Morgan fingerprint density at radius 1 is 1.12 bits per heavy atom. The number of urea groups is 1. The van der Waals surface area contributed by atoms with Crippen LogP contribution in [0.2, 0.25) is 5.02 Å². The van der Waals surface area contributed by atoms with Crippen molar-refractivity contribution in [3.63, 3.8) is 0 Å². The first kappa shape index (κ1) is 23.6. The second kappa shape index (κ2) is 10.1. The molecule has 0 bridgehead atoms. The van der Waals surface area contributed by atoms with Gasteiger partial charge in [-0.05, 0) is 36.8 Å². The van der Waals surface area contributed by atoms with Crippen molar-refractivity contribution in [2.75, 3.05) is 34.5 Å². The summed E-state index contributed by atoms with van der Waals surface area (Å²) in [5.74, 6) is 1.80. The van der Waals surface area contributed by atoms with Crippen molar-refractivity contribution in [2.24, 2.45) is 0 Å². The molecule has 0 saturated carbocycles. The number of ether oxygens (including phenoxy) is 3. The van der Waals surface area contributed by atoms with Crippen LogP contribution in [0.5, 0.6) is 11.5 Å². The Morgan fingerprint density at radius 2 is 1.91 bits per heavy atom. The lowest BCUT2D eigenvalue weighted by Gasteiger charge is -2.35. The van der Waals surface area contributed by atoms with Gasteiger partial charge in [-0.15, -0.1) is 0 Å². The highest BCUT2D eigenvalue weighted by Gasteiger charge is 2.36. The quantitative estimate of drug-likeness (QED) is 0.500. The number of halogens is 1. The van der Waals surface area contributed by atoms with E-state index in [0.717, 1.165) is 11.1 Å². The van der Waals surface area contributed by atoms with Crippen LogP contribution < -0.4 is 14.8 Å². The predicted molar refractivity (Wildman–Crippen MR) is 127 cm³/mol. The molecule has 34 heavy (non-hydrogen) atoms. The fraction of sp³-hybridized carbons (Fsp3) is 0.292. The van der Waals surface area contributed by atoms with Gasteiger partial charge in [0.05, 0.1) is 39.0 Å². The van der Waals surface area contributed by atoms with Crippen LogP contribution in [0, 0.1) is 0 Å². The minimum Gasteiger partial charge on any atom is -0.493 e. The third-order valence-corrected chi connectivity index (χ3v) is 5.83. The number of methoxy groups -OCH3 is 3. The van der Waals surface area contributed by atoms with E-state index >= 15 is 0 Å². The minimum absolute atomic E-state index is 0.257. The van der Waals surface area contributed by atoms with Gasteiger partial charge in [0.15, 0.2) is 11.5 Å². The van der Waals surface area contributed by atoms with E-state index in [1.807, 2.05) is 31.2 Å². The van der Waals surface area contributed by atoms with Crippen molar-refractivity contribution in [2.45, 2.75) is 13.0 Å². The lowest BCUT2D eigenvalue weighted by Crippen LogP contribution is -2.47. The van der Waals surface area contributed by atoms with Crippen molar-refractivity contribution >= 4 is 23.2 Å². The molecule has 4 rings (SSSR count). The van der Waals surface area contributed by atoms with Gasteiger partial charge in [-0.3, -0.25) is 4.90 Å². The number of aromatic nitrogens is 2. The zero-order valence-electron chi connectivity index (χ0n) is 19.3. The molecule has 9 nitrogen and oxygen atoms in total. The maximum absolute atomic E-state index is 13.0. The minimum atomic E-state index is -0.557. The maximum Gasteiger partial charge on any atom is 0.322 e. The Morgan fingerprint density at radius 3 is 2.62 bits per heavy atom. The number of nitrogens with zero attached hydrogens (tertiary/aromatic N) is 3. The molecule has 1 N–H and O–H groups in total. The lowest BCUT2D eigenvalue weighted by molar-refractivity contribution is 0.158. The number of hydrogen-bond donors (Lipinski definition) is 1. The van der Waals surface area contributed by atoms with Gasteiger partial charge in [-0.1, -0.05) is 35.0 Å². The molecule has 2 heterocycles. The third kappa shape index (κ3) is 4.57. The maximum atomic E-state index is 13.0. The molecule has 0 saturated heterocycles. The number of carbonyl (C=O) groups excluding carboxylic acids is 1. The summed E-state index contributed by atoms with van der Waals surface area (Å²) in [7, 11) is 4.72. The molecule has 0 aliphatic carbocycles. The average molecular weight is 485 g/mol. The highest BCUT2D eigenvalue weighted by Crippen LogP contribution is 2.40. The number of amides is 2. The van der Waals surface area contributed by atoms with Crippen molar-refractivity contribution in [1.29, 1.82) is 0 Å². The van der Waals surface area contributed by atoms with Gasteiger partial charge in [-0.2, -0.15) is 4.98 Å². The van der Waals surface area contributed by atoms with Crippen LogP contribution in [-0.2, 0) is 4.74 Å². The number of benzene rings is 2. The molecule has 0 fully saturated rings. The molecule has 3 aromatic rings. The van der Waals surface area contributed by atoms with Crippen molar-refractivity contribution in [1.82, 2.24) is 20.4 Å². The first-order valence-corrected chi connectivity index (χ1v) is 10.9. The van der Waals surface area contributed by atoms with Gasteiger partial charge < -0.3 is 24.1 Å². The summed E-state index contributed by atoms with van der Waals surface area (Å²) in [5, 5.41) is 7.77. The van der Waals surface area contributed by atoms with E-state index in [1.54, 1.807) is 44.4 Å². The van der Waals surface area contributed by atoms with Gasteiger partial charge >= 0.3 is 6.03 Å². The van der Waals surface area contributed by atoms with Gasteiger partial charge in [0.25, 0.3) is 5.89 Å². The van der Waals surface area contributed by atoms with E-state index in [-0.39, 0.29) is 11.9 Å². The topological polar surface area (TPSA) is 99.0 Å². The van der Waals surface area contributed by atoms with Crippen LogP contribution in [0.1, 0.15) is 24.4 Å². The van der Waals surface area contributed by atoms with E-state index < -0.39 is 6.04 Å². The van der Waals surface area contributed by atoms with Gasteiger partial charge in [0.1, 0.15) is 0 Å². The number of carbonyl (C=O) groups is 1. The molecular weight excluding hydrogens is 460 g/mol. The number of nitrogens with one attached hydrogen (secondary N) is 1. The fourth-order valence-corrected chi connectivity index (χ4v) is 4.06. The second-order valence-electron chi connectivity index (χ2n) is 7.57. The monoisotopic (exact) mass is 484 g/mol. The molecule has 0 spiro atoms. The molecule has 2 aromatic carbocycles. The first-order chi connectivity index (χ1) is 16.5. The Labute approximate surface area is 202 Å². The van der Waals surface area contributed by atoms with Gasteiger partial charge in [-0.25, -0.2) is 4.79 Å². The SMILES string of the molecule is COCCN1C(=O)NC(c2ccc(OC)c(OC)c2)C(c2nc(-c3cccc(Cl)c3)no2)=C1C. The molecule has 0 radical (unpaired) electrons. The Bertz CT molecular complexity index is 1230. The predicted octanol–water partition coefficient (Wildman–Crippen LogP) is 4.55. The molecule has 1 aromatic heterocycles. The number of hydrogen-bond acceptors (Lipinski definition) is 7. The molecule has 178 valence electrons. The fourth-order valence-electron chi connectivity index (χ4n) is 3.87.